The molecule has 2 aromatic rings. The number of carboxylic acid groups (broad SMARTS) is 1. The van der Waals surface area contributed by atoms with Gasteiger partial charge < -0.3 is 9.84 Å². The lowest BCUT2D eigenvalue weighted by molar-refractivity contribution is -0.138. The van der Waals surface area contributed by atoms with Crippen molar-refractivity contribution in [1.82, 2.24) is 4.90 Å². The first kappa shape index (κ1) is 19.0. The summed E-state index contributed by atoms with van der Waals surface area (Å²) in [6.45, 7) is 1.70. The van der Waals surface area contributed by atoms with E-state index in [0.29, 0.717) is 11.8 Å². The van der Waals surface area contributed by atoms with Crippen molar-refractivity contribution in [2.24, 2.45) is 11.8 Å². The Bertz CT molecular complexity index is 816. The lowest BCUT2D eigenvalue weighted by Gasteiger charge is -2.36. The molecule has 4 rings (SSSR count). The van der Waals surface area contributed by atoms with E-state index in [0.717, 1.165) is 37.7 Å². The summed E-state index contributed by atoms with van der Waals surface area (Å²) in [5, 5.41) is 9.12. The average molecular weight is 380 g/mol. The van der Waals surface area contributed by atoms with Gasteiger partial charge in [-0.05, 0) is 73.4 Å². The van der Waals surface area contributed by atoms with E-state index in [1.165, 1.54) is 29.5 Å². The molecule has 0 unspecified atom stereocenters. The SMILES string of the molecule is CN(CC(=O)O)C[C@H]1CCc2cc(OCC3CC3)ccc2[C@H]1c1ccccc1. The quantitative estimate of drug-likeness (QED) is 0.747. The minimum atomic E-state index is -0.771. The van der Waals surface area contributed by atoms with Crippen LogP contribution in [0, 0.1) is 11.8 Å². The standard InChI is InChI=1S/C24H29NO3/c1-25(15-23(26)27)14-20-10-9-19-13-21(28-16-17-7-8-17)11-12-22(19)24(20)18-5-3-2-4-6-18/h2-6,11-13,17,20,24H,7-10,14-16H2,1H3,(H,26,27)/t20-,24+/m1/s1. The molecule has 28 heavy (non-hydrogen) atoms. The zero-order valence-corrected chi connectivity index (χ0v) is 16.5. The van der Waals surface area contributed by atoms with Gasteiger partial charge in [0.25, 0.3) is 0 Å². The number of hydrogen-bond acceptors (Lipinski definition) is 3. The van der Waals surface area contributed by atoms with Gasteiger partial charge in [0.15, 0.2) is 0 Å². The van der Waals surface area contributed by atoms with E-state index in [4.69, 9.17) is 9.84 Å². The van der Waals surface area contributed by atoms with E-state index in [9.17, 15) is 4.79 Å². The molecule has 2 aliphatic rings. The minimum absolute atomic E-state index is 0.0822. The average Bonchev–Trinajstić information content (AvgIpc) is 3.50. The summed E-state index contributed by atoms with van der Waals surface area (Å²) >= 11 is 0. The van der Waals surface area contributed by atoms with Gasteiger partial charge in [-0.15, -0.1) is 0 Å². The maximum Gasteiger partial charge on any atom is 0.317 e. The Kier molecular flexibility index (Phi) is 5.67. The Morgan fingerprint density at radius 3 is 2.64 bits per heavy atom. The van der Waals surface area contributed by atoms with Crippen LogP contribution in [0.15, 0.2) is 48.5 Å². The molecule has 0 heterocycles. The first-order valence-corrected chi connectivity index (χ1v) is 10.3. The van der Waals surface area contributed by atoms with Gasteiger partial charge in [0.2, 0.25) is 0 Å². The van der Waals surface area contributed by atoms with Crippen molar-refractivity contribution in [2.45, 2.75) is 31.6 Å². The van der Waals surface area contributed by atoms with Crippen LogP contribution in [0.4, 0.5) is 0 Å². The highest BCUT2D eigenvalue weighted by molar-refractivity contribution is 5.69. The molecule has 148 valence electrons. The number of ether oxygens (including phenoxy) is 1. The number of benzene rings is 2. The van der Waals surface area contributed by atoms with Crippen LogP contribution in [0.5, 0.6) is 5.75 Å². The van der Waals surface area contributed by atoms with Crippen molar-refractivity contribution in [3.8, 4) is 5.75 Å². The lowest BCUT2D eigenvalue weighted by atomic mass is 9.71. The van der Waals surface area contributed by atoms with Crippen molar-refractivity contribution in [3.05, 3.63) is 65.2 Å². The van der Waals surface area contributed by atoms with Crippen LogP contribution < -0.4 is 4.74 Å². The summed E-state index contributed by atoms with van der Waals surface area (Å²) < 4.78 is 6.00. The Morgan fingerprint density at radius 2 is 1.93 bits per heavy atom. The summed E-state index contributed by atoms with van der Waals surface area (Å²) in [6, 6.07) is 17.2. The van der Waals surface area contributed by atoms with E-state index in [1.54, 1.807) is 0 Å². The van der Waals surface area contributed by atoms with E-state index < -0.39 is 5.97 Å². The molecule has 2 aromatic carbocycles. The number of rotatable bonds is 8. The molecule has 4 heteroatoms. The van der Waals surface area contributed by atoms with Crippen LogP contribution in [-0.2, 0) is 11.2 Å². The highest BCUT2D eigenvalue weighted by Crippen LogP contribution is 2.42. The molecule has 0 amide bonds. The Hall–Kier alpha value is -2.33. The van der Waals surface area contributed by atoms with Crippen LogP contribution in [0.1, 0.15) is 41.9 Å². The van der Waals surface area contributed by atoms with Crippen molar-refractivity contribution in [2.75, 3.05) is 26.7 Å². The van der Waals surface area contributed by atoms with Crippen LogP contribution in [0.2, 0.25) is 0 Å². The fourth-order valence-electron chi connectivity index (χ4n) is 4.46. The highest BCUT2D eigenvalue weighted by Gasteiger charge is 2.32. The van der Waals surface area contributed by atoms with Crippen LogP contribution in [0.25, 0.3) is 0 Å². The first-order chi connectivity index (χ1) is 13.6. The summed E-state index contributed by atoms with van der Waals surface area (Å²) in [4.78, 5) is 13.0. The predicted molar refractivity (Wildman–Crippen MR) is 110 cm³/mol. The molecule has 0 aromatic heterocycles. The zero-order chi connectivity index (χ0) is 19.5. The fraction of sp³-hybridized carbons (Fsp3) is 0.458. The van der Waals surface area contributed by atoms with Gasteiger partial charge in [-0.25, -0.2) is 0 Å². The number of carboxylic acids is 1. The molecule has 2 atom stereocenters. The minimum Gasteiger partial charge on any atom is -0.493 e. The molecule has 0 bridgehead atoms. The van der Waals surface area contributed by atoms with E-state index in [2.05, 4.69) is 42.5 Å². The predicted octanol–water partition coefficient (Wildman–Crippen LogP) is 4.19. The van der Waals surface area contributed by atoms with Gasteiger partial charge in [0.1, 0.15) is 5.75 Å². The summed E-state index contributed by atoms with van der Waals surface area (Å²) in [6.07, 6.45) is 4.67. The third kappa shape index (κ3) is 4.56. The van der Waals surface area contributed by atoms with Crippen LogP contribution in [-0.4, -0.2) is 42.7 Å². The molecule has 1 saturated carbocycles. The van der Waals surface area contributed by atoms with E-state index in [-0.39, 0.29) is 6.54 Å². The molecule has 0 aliphatic heterocycles. The molecule has 2 aliphatic carbocycles. The zero-order valence-electron chi connectivity index (χ0n) is 16.5. The summed E-state index contributed by atoms with van der Waals surface area (Å²) in [5.41, 5.74) is 4.05. The second-order valence-corrected chi connectivity index (χ2v) is 8.39. The van der Waals surface area contributed by atoms with Gasteiger partial charge in [0, 0.05) is 12.5 Å². The van der Waals surface area contributed by atoms with Crippen LogP contribution >= 0.6 is 0 Å². The summed E-state index contributed by atoms with van der Waals surface area (Å²) in [7, 11) is 1.90. The van der Waals surface area contributed by atoms with Gasteiger partial charge in [-0.3, -0.25) is 9.69 Å². The van der Waals surface area contributed by atoms with Crippen molar-refractivity contribution >= 4 is 5.97 Å². The summed E-state index contributed by atoms with van der Waals surface area (Å²) in [5.74, 6) is 1.66. The molecular weight excluding hydrogens is 350 g/mol. The molecule has 0 radical (unpaired) electrons. The second-order valence-electron chi connectivity index (χ2n) is 8.39. The van der Waals surface area contributed by atoms with E-state index >= 15 is 0 Å². The Labute approximate surface area is 167 Å². The molecule has 1 fully saturated rings. The van der Waals surface area contributed by atoms with E-state index in [1.807, 2.05) is 18.0 Å². The third-order valence-electron chi connectivity index (χ3n) is 6.00. The first-order valence-electron chi connectivity index (χ1n) is 10.3. The van der Waals surface area contributed by atoms with Crippen LogP contribution in [0.3, 0.4) is 0 Å². The number of fused-ring (bicyclic) bond motifs is 1. The number of aliphatic carboxylic acids is 1. The maximum absolute atomic E-state index is 11.1. The number of aryl methyl sites for hydroxylation is 1. The Morgan fingerprint density at radius 1 is 1.14 bits per heavy atom. The molecule has 0 spiro atoms. The second kappa shape index (κ2) is 8.36. The van der Waals surface area contributed by atoms with Gasteiger partial charge in [0.05, 0.1) is 13.2 Å². The largest absolute Gasteiger partial charge is 0.493 e. The van der Waals surface area contributed by atoms with Crippen molar-refractivity contribution < 1.29 is 14.6 Å². The maximum atomic E-state index is 11.1. The fourth-order valence-corrected chi connectivity index (χ4v) is 4.46. The number of nitrogens with zero attached hydrogens (tertiary/aromatic N) is 1. The number of hydrogen-bond donors (Lipinski definition) is 1. The van der Waals surface area contributed by atoms with Gasteiger partial charge in [-0.1, -0.05) is 36.4 Å². The monoisotopic (exact) mass is 379 g/mol. The van der Waals surface area contributed by atoms with Crippen molar-refractivity contribution in [1.29, 1.82) is 0 Å². The molecule has 0 saturated heterocycles. The van der Waals surface area contributed by atoms with Crippen molar-refractivity contribution in [3.63, 3.8) is 0 Å². The third-order valence-corrected chi connectivity index (χ3v) is 6.00. The number of likely N-dealkylation sites (N-methyl/N-ethyl adjacent to an activating group) is 1. The Balaban J connectivity index is 1.59. The van der Waals surface area contributed by atoms with Gasteiger partial charge >= 0.3 is 5.97 Å². The topological polar surface area (TPSA) is 49.8 Å². The molecule has 1 N–H and O–H groups in total. The smallest absolute Gasteiger partial charge is 0.317 e. The molecule has 4 nitrogen and oxygen atoms in total. The number of carbonyl (C=O) groups is 1. The normalized spacial score (nSPS) is 21.4. The molecular formula is C24H29NO3. The lowest BCUT2D eigenvalue weighted by Crippen LogP contribution is -2.35. The van der Waals surface area contributed by atoms with Gasteiger partial charge in [-0.2, -0.15) is 0 Å². The highest BCUT2D eigenvalue weighted by atomic mass is 16.5.